The van der Waals surface area contributed by atoms with Gasteiger partial charge in [-0.3, -0.25) is 4.79 Å². The molecule has 7 aliphatic rings. The number of carbonyl (C=O) groups excluding carboxylic acids is 1. The molecule has 8 rings (SSSR count). The van der Waals surface area contributed by atoms with Crippen molar-refractivity contribution >= 4 is 5.91 Å². The van der Waals surface area contributed by atoms with Crippen molar-refractivity contribution in [1.82, 2.24) is 10.2 Å². The number of fused-ring (bicyclic) bond motifs is 3. The fourth-order valence-electron chi connectivity index (χ4n) is 8.52. The normalized spacial score (nSPS) is 49.5. The van der Waals surface area contributed by atoms with Crippen LogP contribution in [0.15, 0.2) is 30.3 Å². The fraction of sp³-hybridized carbons (Fsp3) is 0.708. The minimum Gasteiger partial charge on any atom is -0.351 e. The SMILES string of the molecule is C[C@@]12CC3CC(C(=O)N[C@H]4CN5CCC4CC5)(C1)[C@](c1ccccc1)(C3)C2. The molecule has 7 fully saturated rings. The summed E-state index contributed by atoms with van der Waals surface area (Å²) in [5.41, 5.74) is 1.69. The molecule has 1 aromatic rings. The highest BCUT2D eigenvalue weighted by atomic mass is 16.2. The quantitative estimate of drug-likeness (QED) is 0.886. The molecule has 2 unspecified atom stereocenters. The highest BCUT2D eigenvalue weighted by molar-refractivity contribution is 5.87. The standard InChI is InChI=1S/C24H32N2O/c1-22-11-17-12-23(15-22,19-5-3-2-4-6-19)24(13-17,16-22)21(27)25-20-14-26-9-7-18(20)8-10-26/h2-6,17-18,20H,7-16H2,1H3,(H,25,27)/t17?,20-,22-,23+,24?/m0/s1. The zero-order chi connectivity index (χ0) is 18.3. The minimum atomic E-state index is -0.169. The van der Waals surface area contributed by atoms with Crippen molar-refractivity contribution in [2.75, 3.05) is 19.6 Å². The van der Waals surface area contributed by atoms with Crippen LogP contribution in [0.5, 0.6) is 0 Å². The first kappa shape index (κ1) is 16.6. The molecule has 3 heteroatoms. The molecule has 3 heterocycles. The van der Waals surface area contributed by atoms with E-state index in [1.807, 2.05) is 0 Å². The van der Waals surface area contributed by atoms with E-state index in [-0.39, 0.29) is 10.8 Å². The lowest BCUT2D eigenvalue weighted by Gasteiger charge is -2.47. The first-order valence-electron chi connectivity index (χ1n) is 11.1. The van der Waals surface area contributed by atoms with Gasteiger partial charge in [-0.1, -0.05) is 37.3 Å². The summed E-state index contributed by atoms with van der Waals surface area (Å²) in [6.07, 6.45) is 8.50. The highest BCUT2D eigenvalue weighted by Gasteiger charge is 2.73. The van der Waals surface area contributed by atoms with Crippen LogP contribution in [0.1, 0.15) is 57.4 Å². The van der Waals surface area contributed by atoms with E-state index in [0.29, 0.717) is 23.3 Å². The van der Waals surface area contributed by atoms with Crippen molar-refractivity contribution in [3.8, 4) is 0 Å². The van der Waals surface area contributed by atoms with Gasteiger partial charge in [0.05, 0.1) is 5.41 Å². The third-order valence-electron chi connectivity index (χ3n) is 9.16. The number of nitrogens with zero attached hydrogens (tertiary/aromatic N) is 1. The van der Waals surface area contributed by atoms with Crippen molar-refractivity contribution in [1.29, 1.82) is 0 Å². The minimum absolute atomic E-state index is 0.0734. The molecule has 4 saturated carbocycles. The van der Waals surface area contributed by atoms with Crippen LogP contribution in [0.2, 0.25) is 0 Å². The molecule has 0 spiro atoms. The van der Waals surface area contributed by atoms with Gasteiger partial charge in [-0.2, -0.15) is 0 Å². The second-order valence-corrected chi connectivity index (χ2v) is 10.9. The summed E-state index contributed by atoms with van der Waals surface area (Å²) in [5.74, 6) is 1.83. The number of hydrogen-bond acceptors (Lipinski definition) is 2. The summed E-state index contributed by atoms with van der Waals surface area (Å²) in [7, 11) is 0. The number of carbonyl (C=O) groups is 1. The number of hydrogen-bond donors (Lipinski definition) is 1. The van der Waals surface area contributed by atoms with Gasteiger partial charge in [-0.15, -0.1) is 0 Å². The first-order valence-corrected chi connectivity index (χ1v) is 11.1. The second-order valence-electron chi connectivity index (χ2n) is 10.9. The van der Waals surface area contributed by atoms with Gasteiger partial charge in [0.25, 0.3) is 0 Å². The molecule has 4 aliphatic carbocycles. The van der Waals surface area contributed by atoms with Crippen LogP contribution >= 0.6 is 0 Å². The lowest BCUT2D eigenvalue weighted by molar-refractivity contribution is -0.136. The largest absolute Gasteiger partial charge is 0.351 e. The number of benzene rings is 1. The summed E-state index contributed by atoms with van der Waals surface area (Å²) in [6, 6.07) is 11.4. The Labute approximate surface area is 162 Å². The maximum Gasteiger partial charge on any atom is 0.227 e. The second kappa shape index (κ2) is 5.37. The van der Waals surface area contributed by atoms with Crippen molar-refractivity contribution < 1.29 is 4.79 Å². The van der Waals surface area contributed by atoms with Gasteiger partial charge in [-0.25, -0.2) is 0 Å². The average molecular weight is 365 g/mol. The molecule has 27 heavy (non-hydrogen) atoms. The molecule has 0 aromatic heterocycles. The maximum absolute atomic E-state index is 14.0. The molecule has 1 aromatic carbocycles. The summed E-state index contributed by atoms with van der Waals surface area (Å²) in [6.45, 7) is 6.00. The molecule has 3 saturated heterocycles. The van der Waals surface area contributed by atoms with Crippen LogP contribution in [0, 0.1) is 22.7 Å². The lowest BCUT2D eigenvalue weighted by atomic mass is 9.63. The van der Waals surface area contributed by atoms with E-state index in [4.69, 9.17) is 0 Å². The van der Waals surface area contributed by atoms with Gasteiger partial charge < -0.3 is 10.2 Å². The Morgan fingerprint density at radius 2 is 1.85 bits per heavy atom. The molecule has 5 atom stereocenters. The molecular weight excluding hydrogens is 332 g/mol. The van der Waals surface area contributed by atoms with Crippen LogP contribution in [0.25, 0.3) is 0 Å². The van der Waals surface area contributed by atoms with Crippen LogP contribution in [-0.2, 0) is 10.2 Å². The van der Waals surface area contributed by atoms with E-state index >= 15 is 0 Å². The zero-order valence-electron chi connectivity index (χ0n) is 16.5. The van der Waals surface area contributed by atoms with E-state index in [2.05, 4.69) is 47.5 Å². The van der Waals surface area contributed by atoms with Crippen molar-refractivity contribution in [3.05, 3.63) is 35.9 Å². The summed E-state index contributed by atoms with van der Waals surface area (Å²) < 4.78 is 0. The molecule has 3 aliphatic heterocycles. The van der Waals surface area contributed by atoms with Crippen molar-refractivity contribution in [2.45, 2.75) is 63.3 Å². The predicted molar refractivity (Wildman–Crippen MR) is 106 cm³/mol. The highest BCUT2D eigenvalue weighted by Crippen LogP contribution is 2.76. The van der Waals surface area contributed by atoms with E-state index in [0.717, 1.165) is 25.3 Å². The molecule has 1 N–H and O–H groups in total. The molecule has 6 bridgehead atoms. The van der Waals surface area contributed by atoms with Gasteiger partial charge in [0.1, 0.15) is 0 Å². The van der Waals surface area contributed by atoms with Crippen LogP contribution in [0.3, 0.4) is 0 Å². The van der Waals surface area contributed by atoms with Crippen molar-refractivity contribution in [2.24, 2.45) is 22.7 Å². The van der Waals surface area contributed by atoms with Gasteiger partial charge in [0.15, 0.2) is 0 Å². The van der Waals surface area contributed by atoms with Crippen LogP contribution in [0.4, 0.5) is 0 Å². The number of nitrogens with one attached hydrogen (secondary N) is 1. The van der Waals surface area contributed by atoms with E-state index in [1.54, 1.807) is 0 Å². The Bertz CT molecular complexity index is 770. The van der Waals surface area contributed by atoms with Gasteiger partial charge >= 0.3 is 0 Å². The van der Waals surface area contributed by atoms with E-state index in [1.165, 1.54) is 50.8 Å². The van der Waals surface area contributed by atoms with Gasteiger partial charge in [0, 0.05) is 18.0 Å². The average Bonchev–Trinajstić information content (AvgIpc) is 3.02. The van der Waals surface area contributed by atoms with E-state index < -0.39 is 0 Å². The Balaban J connectivity index is 1.37. The topological polar surface area (TPSA) is 32.3 Å². The van der Waals surface area contributed by atoms with Crippen LogP contribution in [-0.4, -0.2) is 36.5 Å². The fourth-order valence-corrected chi connectivity index (χ4v) is 8.52. The molecule has 0 radical (unpaired) electrons. The molecule has 1 amide bonds. The molecular formula is C24H32N2O. The molecule has 3 nitrogen and oxygen atoms in total. The maximum atomic E-state index is 14.0. The van der Waals surface area contributed by atoms with Crippen LogP contribution < -0.4 is 5.32 Å². The van der Waals surface area contributed by atoms with E-state index in [9.17, 15) is 4.79 Å². The lowest BCUT2D eigenvalue weighted by Crippen LogP contribution is -2.60. The van der Waals surface area contributed by atoms with Gasteiger partial charge in [-0.05, 0) is 80.8 Å². The third-order valence-corrected chi connectivity index (χ3v) is 9.16. The zero-order valence-corrected chi connectivity index (χ0v) is 16.5. The van der Waals surface area contributed by atoms with Gasteiger partial charge in [0.2, 0.25) is 5.91 Å². The van der Waals surface area contributed by atoms with Crippen molar-refractivity contribution in [3.63, 3.8) is 0 Å². The Morgan fingerprint density at radius 3 is 2.52 bits per heavy atom. The third kappa shape index (κ3) is 2.15. The summed E-state index contributed by atoms with van der Waals surface area (Å²) in [5, 5.41) is 3.63. The summed E-state index contributed by atoms with van der Waals surface area (Å²) >= 11 is 0. The molecule has 144 valence electrons. The number of rotatable bonds is 3. The predicted octanol–water partition coefficient (Wildman–Crippen LogP) is 3.74. The monoisotopic (exact) mass is 364 g/mol. The Hall–Kier alpha value is -1.35. The first-order chi connectivity index (χ1) is 13.0. The summed E-state index contributed by atoms with van der Waals surface area (Å²) in [4.78, 5) is 16.5. The smallest absolute Gasteiger partial charge is 0.227 e. The Kier molecular flexibility index (Phi) is 3.30. The number of piperidine rings is 3. The Morgan fingerprint density at radius 1 is 1.07 bits per heavy atom. The number of amides is 1.